The molecule has 0 aliphatic carbocycles. The molecule has 4 heteroatoms. The molecule has 1 nitrogen and oxygen atoms in total. The molecule has 0 atom stereocenters. The molecule has 1 N–H and O–H groups in total. The summed E-state index contributed by atoms with van der Waals surface area (Å²) in [6, 6.07) is 5.90. The van der Waals surface area contributed by atoms with Crippen LogP contribution in [-0.2, 0) is 6.54 Å². The fraction of sp³-hybridized carbons (Fsp3) is 0.538. The minimum Gasteiger partial charge on any atom is -0.313 e. The summed E-state index contributed by atoms with van der Waals surface area (Å²) in [4.78, 5) is 0. The van der Waals surface area contributed by atoms with Gasteiger partial charge in [0.1, 0.15) is 0 Å². The zero-order chi connectivity index (χ0) is 12.5. The van der Waals surface area contributed by atoms with Gasteiger partial charge in [0.05, 0.1) is 0 Å². The fourth-order valence-corrected chi connectivity index (χ4v) is 2.65. The Hall–Kier alpha value is 0.300. The Labute approximate surface area is 122 Å². The third-order valence-electron chi connectivity index (χ3n) is 2.53. The smallest absolute Gasteiger partial charge is 0.0410 e. The first-order chi connectivity index (χ1) is 8.24. The van der Waals surface area contributed by atoms with Gasteiger partial charge in [-0.3, -0.25) is 0 Å². The standard InChI is InChI=1S/C13H19BrClNS/c1-17-8-4-2-3-7-16-10-11-9-12(15)5-6-13(11)14/h5-6,9,16H,2-4,7-8,10H2,1H3. The normalized spacial score (nSPS) is 10.8. The number of nitrogens with one attached hydrogen (secondary N) is 1. The lowest BCUT2D eigenvalue weighted by Gasteiger charge is -2.07. The zero-order valence-electron chi connectivity index (χ0n) is 10.1. The number of halogens is 2. The van der Waals surface area contributed by atoms with E-state index < -0.39 is 0 Å². The molecule has 0 aromatic heterocycles. The zero-order valence-corrected chi connectivity index (χ0v) is 13.3. The van der Waals surface area contributed by atoms with Crippen molar-refractivity contribution >= 4 is 39.3 Å². The number of hydrogen-bond acceptors (Lipinski definition) is 2. The first kappa shape index (κ1) is 15.4. The van der Waals surface area contributed by atoms with Crippen LogP contribution in [0.1, 0.15) is 24.8 Å². The Kier molecular flexibility index (Phi) is 8.36. The van der Waals surface area contributed by atoms with Crippen molar-refractivity contribution in [3.63, 3.8) is 0 Å². The van der Waals surface area contributed by atoms with Crippen molar-refractivity contribution in [3.05, 3.63) is 33.3 Å². The van der Waals surface area contributed by atoms with Gasteiger partial charge in [-0.15, -0.1) is 0 Å². The van der Waals surface area contributed by atoms with Gasteiger partial charge in [0, 0.05) is 16.0 Å². The molecule has 1 aromatic carbocycles. The highest BCUT2D eigenvalue weighted by molar-refractivity contribution is 9.10. The predicted molar refractivity (Wildman–Crippen MR) is 83.1 cm³/mol. The predicted octanol–water partition coefficient (Wildman–Crippen LogP) is 4.73. The summed E-state index contributed by atoms with van der Waals surface area (Å²) in [7, 11) is 0. The second kappa shape index (κ2) is 9.26. The van der Waals surface area contributed by atoms with Crippen molar-refractivity contribution in [2.45, 2.75) is 25.8 Å². The van der Waals surface area contributed by atoms with Crippen LogP contribution >= 0.6 is 39.3 Å². The molecule has 0 bridgehead atoms. The van der Waals surface area contributed by atoms with E-state index in [1.54, 1.807) is 0 Å². The van der Waals surface area contributed by atoms with Gasteiger partial charge in [-0.05, 0) is 55.2 Å². The number of unbranched alkanes of at least 4 members (excludes halogenated alkanes) is 2. The van der Waals surface area contributed by atoms with Gasteiger partial charge in [-0.2, -0.15) is 11.8 Å². The average molecular weight is 337 g/mol. The van der Waals surface area contributed by atoms with Crippen LogP contribution in [0.5, 0.6) is 0 Å². The molecule has 0 heterocycles. The largest absolute Gasteiger partial charge is 0.313 e. The van der Waals surface area contributed by atoms with E-state index in [1.165, 1.54) is 30.6 Å². The third-order valence-corrected chi connectivity index (χ3v) is 4.23. The lowest BCUT2D eigenvalue weighted by molar-refractivity contribution is 0.618. The summed E-state index contributed by atoms with van der Waals surface area (Å²) < 4.78 is 1.12. The summed E-state index contributed by atoms with van der Waals surface area (Å²) in [6.07, 6.45) is 6.04. The van der Waals surface area contributed by atoms with Crippen molar-refractivity contribution < 1.29 is 0 Å². The summed E-state index contributed by atoms with van der Waals surface area (Å²) >= 11 is 11.4. The Bertz CT molecular complexity index is 333. The number of rotatable bonds is 8. The first-order valence-electron chi connectivity index (χ1n) is 5.87. The minimum atomic E-state index is 0.796. The van der Waals surface area contributed by atoms with E-state index >= 15 is 0 Å². The maximum Gasteiger partial charge on any atom is 0.0410 e. The first-order valence-corrected chi connectivity index (χ1v) is 8.44. The van der Waals surface area contributed by atoms with E-state index in [0.29, 0.717) is 0 Å². The molecular weight excluding hydrogens is 318 g/mol. The van der Waals surface area contributed by atoms with Crippen LogP contribution < -0.4 is 5.32 Å². The minimum absolute atomic E-state index is 0.796. The van der Waals surface area contributed by atoms with Crippen molar-refractivity contribution in [1.29, 1.82) is 0 Å². The van der Waals surface area contributed by atoms with Crippen LogP contribution in [0.2, 0.25) is 5.02 Å². The summed E-state index contributed by atoms with van der Waals surface area (Å²) in [5, 5.41) is 4.25. The molecule has 1 aromatic rings. The molecule has 0 aliphatic heterocycles. The molecule has 0 aliphatic rings. The van der Waals surface area contributed by atoms with E-state index in [1.807, 2.05) is 30.0 Å². The van der Waals surface area contributed by atoms with Crippen molar-refractivity contribution in [3.8, 4) is 0 Å². The molecule has 0 unspecified atom stereocenters. The molecular formula is C13H19BrClNS. The van der Waals surface area contributed by atoms with Crippen molar-refractivity contribution in [2.24, 2.45) is 0 Å². The SMILES string of the molecule is CSCCCCCNCc1cc(Cl)ccc1Br. The van der Waals surface area contributed by atoms with Crippen molar-refractivity contribution in [2.75, 3.05) is 18.6 Å². The van der Waals surface area contributed by atoms with Gasteiger partial charge < -0.3 is 5.32 Å². The van der Waals surface area contributed by atoms with Gasteiger partial charge >= 0.3 is 0 Å². The van der Waals surface area contributed by atoms with E-state index in [2.05, 4.69) is 27.5 Å². The lowest BCUT2D eigenvalue weighted by atomic mass is 10.2. The quantitative estimate of drug-likeness (QED) is 0.689. The Balaban J connectivity index is 2.15. The van der Waals surface area contributed by atoms with E-state index in [9.17, 15) is 0 Å². The summed E-state index contributed by atoms with van der Waals surface area (Å²) in [6.45, 7) is 1.96. The molecule has 0 spiro atoms. The van der Waals surface area contributed by atoms with Gasteiger partial charge in [-0.25, -0.2) is 0 Å². The highest BCUT2D eigenvalue weighted by Crippen LogP contribution is 2.20. The van der Waals surface area contributed by atoms with Gasteiger partial charge in [-0.1, -0.05) is 34.0 Å². The van der Waals surface area contributed by atoms with E-state index in [4.69, 9.17) is 11.6 Å². The lowest BCUT2D eigenvalue weighted by Crippen LogP contribution is -2.15. The van der Waals surface area contributed by atoms with Gasteiger partial charge in [0.25, 0.3) is 0 Å². The van der Waals surface area contributed by atoms with Gasteiger partial charge in [0.15, 0.2) is 0 Å². The van der Waals surface area contributed by atoms with E-state index in [0.717, 1.165) is 22.6 Å². The van der Waals surface area contributed by atoms with Gasteiger partial charge in [0.2, 0.25) is 0 Å². The van der Waals surface area contributed by atoms with E-state index in [-0.39, 0.29) is 0 Å². The highest BCUT2D eigenvalue weighted by atomic mass is 79.9. The van der Waals surface area contributed by atoms with Crippen LogP contribution in [0.3, 0.4) is 0 Å². The van der Waals surface area contributed by atoms with Crippen molar-refractivity contribution in [1.82, 2.24) is 5.32 Å². The van der Waals surface area contributed by atoms with Crippen LogP contribution in [0.4, 0.5) is 0 Å². The van der Waals surface area contributed by atoms with Crippen LogP contribution in [0.15, 0.2) is 22.7 Å². The molecule has 0 radical (unpaired) electrons. The topological polar surface area (TPSA) is 12.0 Å². The average Bonchev–Trinajstić information content (AvgIpc) is 2.32. The number of thioether (sulfide) groups is 1. The monoisotopic (exact) mass is 335 g/mol. The maximum atomic E-state index is 5.96. The Morgan fingerprint density at radius 1 is 1.29 bits per heavy atom. The second-order valence-electron chi connectivity index (χ2n) is 3.97. The molecule has 0 amide bonds. The summed E-state index contributed by atoms with van der Waals surface area (Å²) in [5.74, 6) is 1.28. The molecule has 0 saturated carbocycles. The fourth-order valence-electron chi connectivity index (χ4n) is 1.58. The molecule has 17 heavy (non-hydrogen) atoms. The molecule has 96 valence electrons. The number of hydrogen-bond donors (Lipinski definition) is 1. The Morgan fingerprint density at radius 2 is 2.12 bits per heavy atom. The maximum absolute atomic E-state index is 5.96. The highest BCUT2D eigenvalue weighted by Gasteiger charge is 2.00. The van der Waals surface area contributed by atoms with Crippen LogP contribution in [-0.4, -0.2) is 18.6 Å². The molecule has 0 fully saturated rings. The molecule has 1 rings (SSSR count). The molecule has 0 saturated heterocycles. The Morgan fingerprint density at radius 3 is 2.88 bits per heavy atom. The number of benzene rings is 1. The summed E-state index contributed by atoms with van der Waals surface area (Å²) in [5.41, 5.74) is 1.22. The van der Waals surface area contributed by atoms with Crippen LogP contribution in [0, 0.1) is 0 Å². The van der Waals surface area contributed by atoms with Crippen LogP contribution in [0.25, 0.3) is 0 Å². The third kappa shape index (κ3) is 6.70. The second-order valence-corrected chi connectivity index (χ2v) is 6.24.